The fraction of sp³-hybridized carbons (Fsp3) is 0.524. The fourth-order valence-electron chi connectivity index (χ4n) is 3.58. The molecule has 0 aliphatic rings. The monoisotopic (exact) mass is 341 g/mol. The van der Waals surface area contributed by atoms with Gasteiger partial charge in [-0.25, -0.2) is 4.98 Å². The van der Waals surface area contributed by atoms with Gasteiger partial charge in [0.25, 0.3) is 5.91 Å². The molecule has 2 rings (SSSR count). The molecule has 0 aliphatic carbocycles. The SMILES string of the molecule is CCCCN(C(=O)c1ccccc1)C(n1ccnc1)C(C)(C)CCC. The first kappa shape index (κ1) is 19.2. The minimum Gasteiger partial charge on any atom is -0.317 e. The summed E-state index contributed by atoms with van der Waals surface area (Å²) in [6.07, 6.45) is 9.72. The second kappa shape index (κ2) is 8.84. The summed E-state index contributed by atoms with van der Waals surface area (Å²) in [5.41, 5.74) is 0.698. The van der Waals surface area contributed by atoms with Crippen molar-refractivity contribution in [3.63, 3.8) is 0 Å². The molecule has 0 aliphatic heterocycles. The first-order valence-corrected chi connectivity index (χ1v) is 9.34. The second-order valence-electron chi connectivity index (χ2n) is 7.34. The highest BCUT2D eigenvalue weighted by atomic mass is 16.2. The molecule has 2 aromatic rings. The Hall–Kier alpha value is -2.10. The molecule has 0 saturated heterocycles. The lowest BCUT2D eigenvalue weighted by molar-refractivity contribution is 0.0201. The molecular weight excluding hydrogens is 310 g/mol. The van der Waals surface area contributed by atoms with Crippen LogP contribution in [0.4, 0.5) is 0 Å². The van der Waals surface area contributed by atoms with Crippen LogP contribution in [0.25, 0.3) is 0 Å². The number of imidazole rings is 1. The van der Waals surface area contributed by atoms with Gasteiger partial charge in [-0.2, -0.15) is 0 Å². The van der Waals surface area contributed by atoms with E-state index >= 15 is 0 Å². The molecule has 1 aromatic heterocycles. The predicted octanol–water partition coefficient (Wildman–Crippen LogP) is 5.15. The Bertz CT molecular complexity index is 634. The molecule has 136 valence electrons. The summed E-state index contributed by atoms with van der Waals surface area (Å²) in [5, 5.41) is 0. The van der Waals surface area contributed by atoms with Crippen molar-refractivity contribution in [1.82, 2.24) is 14.5 Å². The Kier molecular flexibility index (Phi) is 6.80. The van der Waals surface area contributed by atoms with Crippen LogP contribution in [0.1, 0.15) is 69.9 Å². The minimum atomic E-state index is -0.0480. The molecule has 0 fully saturated rings. The maximum absolute atomic E-state index is 13.3. The second-order valence-corrected chi connectivity index (χ2v) is 7.34. The normalized spacial score (nSPS) is 12.8. The smallest absolute Gasteiger partial charge is 0.255 e. The van der Waals surface area contributed by atoms with Crippen LogP contribution in [-0.2, 0) is 0 Å². The standard InChI is InChI=1S/C21H31N3O/c1-5-7-15-24(19(25)18-11-9-8-10-12-18)20(21(3,4)13-6-2)23-16-14-22-17-23/h8-12,14,16-17,20H,5-7,13,15H2,1-4H3. The predicted molar refractivity (Wildman–Crippen MR) is 102 cm³/mol. The Balaban J connectivity index is 2.44. The summed E-state index contributed by atoms with van der Waals surface area (Å²) in [4.78, 5) is 19.6. The largest absolute Gasteiger partial charge is 0.317 e. The molecule has 0 saturated carbocycles. The average molecular weight is 341 g/mol. The zero-order valence-corrected chi connectivity index (χ0v) is 16.0. The zero-order chi connectivity index (χ0) is 18.3. The maximum atomic E-state index is 13.3. The summed E-state index contributed by atoms with van der Waals surface area (Å²) in [5.74, 6) is 0.0944. The van der Waals surface area contributed by atoms with Crippen molar-refractivity contribution >= 4 is 5.91 Å². The van der Waals surface area contributed by atoms with Crippen molar-refractivity contribution in [2.75, 3.05) is 6.54 Å². The molecule has 1 aromatic carbocycles. The third kappa shape index (κ3) is 4.71. The number of amides is 1. The minimum absolute atomic E-state index is 0.0470. The van der Waals surface area contributed by atoms with E-state index in [1.807, 2.05) is 47.8 Å². The number of nitrogens with zero attached hydrogens (tertiary/aromatic N) is 3. The molecule has 1 amide bonds. The number of unbranched alkanes of at least 4 members (excludes halogenated alkanes) is 1. The quantitative estimate of drug-likeness (QED) is 0.632. The van der Waals surface area contributed by atoms with E-state index in [2.05, 4.69) is 37.2 Å². The topological polar surface area (TPSA) is 38.1 Å². The van der Waals surface area contributed by atoms with E-state index in [1.54, 1.807) is 6.20 Å². The molecule has 4 nitrogen and oxygen atoms in total. The van der Waals surface area contributed by atoms with E-state index < -0.39 is 0 Å². The Morgan fingerprint density at radius 1 is 1.20 bits per heavy atom. The first-order valence-electron chi connectivity index (χ1n) is 9.34. The molecule has 25 heavy (non-hydrogen) atoms. The highest BCUT2D eigenvalue weighted by Crippen LogP contribution is 2.39. The number of rotatable bonds is 9. The highest BCUT2D eigenvalue weighted by Gasteiger charge is 2.37. The lowest BCUT2D eigenvalue weighted by atomic mass is 9.83. The maximum Gasteiger partial charge on any atom is 0.255 e. The van der Waals surface area contributed by atoms with Crippen LogP contribution in [0, 0.1) is 5.41 Å². The average Bonchev–Trinajstić information content (AvgIpc) is 3.12. The van der Waals surface area contributed by atoms with Gasteiger partial charge in [-0.3, -0.25) is 4.79 Å². The highest BCUT2D eigenvalue weighted by molar-refractivity contribution is 5.94. The van der Waals surface area contributed by atoms with Gasteiger partial charge >= 0.3 is 0 Å². The zero-order valence-electron chi connectivity index (χ0n) is 16.0. The van der Waals surface area contributed by atoms with Crippen LogP contribution in [0.2, 0.25) is 0 Å². The lowest BCUT2D eigenvalue weighted by Gasteiger charge is -2.43. The molecule has 0 spiro atoms. The van der Waals surface area contributed by atoms with Crippen molar-refractivity contribution in [1.29, 1.82) is 0 Å². The lowest BCUT2D eigenvalue weighted by Crippen LogP contribution is -2.45. The van der Waals surface area contributed by atoms with Crippen LogP contribution in [-0.4, -0.2) is 26.9 Å². The van der Waals surface area contributed by atoms with Crippen molar-refractivity contribution in [3.8, 4) is 0 Å². The van der Waals surface area contributed by atoms with E-state index in [9.17, 15) is 4.79 Å². The molecule has 0 bridgehead atoms. The van der Waals surface area contributed by atoms with Crippen LogP contribution in [0.15, 0.2) is 49.1 Å². The van der Waals surface area contributed by atoms with Gasteiger partial charge in [-0.05, 0) is 25.0 Å². The van der Waals surface area contributed by atoms with E-state index in [4.69, 9.17) is 0 Å². The summed E-state index contributed by atoms with van der Waals surface area (Å²) >= 11 is 0. The molecule has 1 unspecified atom stereocenters. The third-order valence-corrected chi connectivity index (χ3v) is 4.73. The molecule has 0 N–H and O–H groups in total. The number of hydrogen-bond acceptors (Lipinski definition) is 2. The molecular formula is C21H31N3O. The Morgan fingerprint density at radius 2 is 1.92 bits per heavy atom. The number of hydrogen-bond donors (Lipinski definition) is 0. The van der Waals surface area contributed by atoms with E-state index in [0.717, 1.165) is 37.8 Å². The summed E-state index contributed by atoms with van der Waals surface area (Å²) in [6.45, 7) is 9.60. The van der Waals surface area contributed by atoms with E-state index in [0.29, 0.717) is 0 Å². The van der Waals surface area contributed by atoms with E-state index in [-0.39, 0.29) is 17.5 Å². The van der Waals surface area contributed by atoms with Crippen LogP contribution in [0.3, 0.4) is 0 Å². The van der Waals surface area contributed by atoms with Gasteiger partial charge in [0.05, 0.1) is 6.33 Å². The first-order chi connectivity index (χ1) is 12.0. The van der Waals surface area contributed by atoms with Gasteiger partial charge in [0.1, 0.15) is 6.17 Å². The van der Waals surface area contributed by atoms with Crippen LogP contribution >= 0.6 is 0 Å². The van der Waals surface area contributed by atoms with Crippen molar-refractivity contribution < 1.29 is 4.79 Å². The van der Waals surface area contributed by atoms with Gasteiger partial charge in [0.2, 0.25) is 0 Å². The molecule has 0 radical (unpaired) electrons. The van der Waals surface area contributed by atoms with Gasteiger partial charge in [-0.15, -0.1) is 0 Å². The number of carbonyl (C=O) groups excluding carboxylic acids is 1. The van der Waals surface area contributed by atoms with Gasteiger partial charge in [0, 0.05) is 29.9 Å². The van der Waals surface area contributed by atoms with Crippen LogP contribution in [0.5, 0.6) is 0 Å². The summed E-state index contributed by atoms with van der Waals surface area (Å²) in [7, 11) is 0. The number of benzene rings is 1. The van der Waals surface area contributed by atoms with Gasteiger partial charge in [0.15, 0.2) is 0 Å². The summed E-state index contributed by atoms with van der Waals surface area (Å²) < 4.78 is 2.09. The Labute approximate surface area is 151 Å². The van der Waals surface area contributed by atoms with Crippen LogP contribution < -0.4 is 0 Å². The van der Waals surface area contributed by atoms with Gasteiger partial charge < -0.3 is 9.47 Å². The number of aromatic nitrogens is 2. The fourth-order valence-corrected chi connectivity index (χ4v) is 3.58. The van der Waals surface area contributed by atoms with Crippen molar-refractivity contribution in [2.45, 2.75) is 59.5 Å². The summed E-state index contributed by atoms with van der Waals surface area (Å²) in [6, 6.07) is 9.60. The van der Waals surface area contributed by atoms with Gasteiger partial charge in [-0.1, -0.05) is 58.7 Å². The molecule has 1 heterocycles. The number of carbonyl (C=O) groups is 1. The van der Waals surface area contributed by atoms with Crippen molar-refractivity contribution in [3.05, 3.63) is 54.6 Å². The molecule has 4 heteroatoms. The Morgan fingerprint density at radius 3 is 2.48 bits per heavy atom. The van der Waals surface area contributed by atoms with E-state index in [1.165, 1.54) is 0 Å². The molecule has 1 atom stereocenters. The third-order valence-electron chi connectivity index (χ3n) is 4.73. The van der Waals surface area contributed by atoms with Crippen molar-refractivity contribution in [2.24, 2.45) is 5.41 Å².